The van der Waals surface area contributed by atoms with Crippen molar-refractivity contribution in [1.82, 2.24) is 4.98 Å². The van der Waals surface area contributed by atoms with Crippen LogP contribution in [-0.4, -0.2) is 18.1 Å². The molecule has 0 aliphatic heterocycles. The zero-order valence-electron chi connectivity index (χ0n) is 9.95. The molecule has 0 aliphatic carbocycles. The SMILES string of the molecule is COc1cccc(NC(C)CC(C)C)n1. The first kappa shape index (κ1) is 11.8. The third kappa shape index (κ3) is 4.19. The summed E-state index contributed by atoms with van der Waals surface area (Å²) in [6, 6.07) is 6.18. The molecule has 0 fully saturated rings. The molecule has 15 heavy (non-hydrogen) atoms. The first-order valence-electron chi connectivity index (χ1n) is 5.39. The van der Waals surface area contributed by atoms with Crippen LogP contribution in [0.5, 0.6) is 5.88 Å². The van der Waals surface area contributed by atoms with Gasteiger partial charge in [0.25, 0.3) is 0 Å². The van der Waals surface area contributed by atoms with Gasteiger partial charge in [0.1, 0.15) is 5.82 Å². The van der Waals surface area contributed by atoms with Gasteiger partial charge in [-0.15, -0.1) is 0 Å². The molecular weight excluding hydrogens is 188 g/mol. The number of methoxy groups -OCH3 is 1. The van der Waals surface area contributed by atoms with E-state index in [1.807, 2.05) is 18.2 Å². The predicted molar refractivity (Wildman–Crippen MR) is 63.3 cm³/mol. The quantitative estimate of drug-likeness (QED) is 0.807. The van der Waals surface area contributed by atoms with Gasteiger partial charge in [-0.3, -0.25) is 0 Å². The van der Waals surface area contributed by atoms with Crippen molar-refractivity contribution in [2.75, 3.05) is 12.4 Å². The van der Waals surface area contributed by atoms with E-state index in [9.17, 15) is 0 Å². The molecule has 84 valence electrons. The van der Waals surface area contributed by atoms with Gasteiger partial charge in [0.05, 0.1) is 7.11 Å². The fourth-order valence-corrected chi connectivity index (χ4v) is 1.63. The van der Waals surface area contributed by atoms with E-state index in [0.29, 0.717) is 17.8 Å². The van der Waals surface area contributed by atoms with Crippen molar-refractivity contribution < 1.29 is 4.74 Å². The van der Waals surface area contributed by atoms with E-state index in [2.05, 4.69) is 31.1 Å². The fraction of sp³-hybridized carbons (Fsp3) is 0.583. The number of aromatic nitrogens is 1. The summed E-state index contributed by atoms with van der Waals surface area (Å²) in [6.07, 6.45) is 1.14. The number of nitrogens with one attached hydrogen (secondary N) is 1. The lowest BCUT2D eigenvalue weighted by Crippen LogP contribution is -2.18. The van der Waals surface area contributed by atoms with Crippen LogP contribution < -0.4 is 10.1 Å². The number of rotatable bonds is 5. The first-order valence-corrected chi connectivity index (χ1v) is 5.39. The maximum Gasteiger partial charge on any atom is 0.214 e. The standard InChI is InChI=1S/C12H20N2O/c1-9(2)8-10(3)13-11-6-5-7-12(14-11)15-4/h5-7,9-10H,8H2,1-4H3,(H,13,14). The van der Waals surface area contributed by atoms with Crippen LogP contribution in [0.15, 0.2) is 18.2 Å². The number of hydrogen-bond acceptors (Lipinski definition) is 3. The molecule has 1 heterocycles. The molecule has 1 rings (SSSR count). The second-order valence-electron chi connectivity index (χ2n) is 4.24. The topological polar surface area (TPSA) is 34.1 Å². The smallest absolute Gasteiger partial charge is 0.214 e. The molecule has 3 nitrogen and oxygen atoms in total. The minimum atomic E-state index is 0.435. The summed E-state index contributed by atoms with van der Waals surface area (Å²) in [7, 11) is 1.63. The van der Waals surface area contributed by atoms with Gasteiger partial charge in [0, 0.05) is 12.1 Å². The summed E-state index contributed by atoms with van der Waals surface area (Å²) in [5, 5.41) is 3.36. The summed E-state index contributed by atoms with van der Waals surface area (Å²) in [4.78, 5) is 4.31. The van der Waals surface area contributed by atoms with Crippen LogP contribution in [0.4, 0.5) is 5.82 Å². The van der Waals surface area contributed by atoms with E-state index < -0.39 is 0 Å². The van der Waals surface area contributed by atoms with Gasteiger partial charge in [-0.1, -0.05) is 19.9 Å². The van der Waals surface area contributed by atoms with E-state index in [1.54, 1.807) is 7.11 Å². The first-order chi connectivity index (χ1) is 7.11. The van der Waals surface area contributed by atoms with E-state index in [-0.39, 0.29) is 0 Å². The molecule has 0 radical (unpaired) electrons. The van der Waals surface area contributed by atoms with E-state index >= 15 is 0 Å². The van der Waals surface area contributed by atoms with Gasteiger partial charge < -0.3 is 10.1 Å². The molecule has 0 amide bonds. The largest absolute Gasteiger partial charge is 0.481 e. The highest BCUT2D eigenvalue weighted by Gasteiger charge is 2.05. The maximum atomic E-state index is 5.07. The number of ether oxygens (including phenoxy) is 1. The van der Waals surface area contributed by atoms with Crippen molar-refractivity contribution in [3.05, 3.63) is 18.2 Å². The Morgan fingerprint density at radius 2 is 2.07 bits per heavy atom. The van der Waals surface area contributed by atoms with Crippen LogP contribution in [-0.2, 0) is 0 Å². The van der Waals surface area contributed by atoms with Gasteiger partial charge in [-0.25, -0.2) is 0 Å². The molecule has 1 atom stereocenters. The lowest BCUT2D eigenvalue weighted by molar-refractivity contribution is 0.398. The molecule has 0 bridgehead atoms. The number of anilines is 1. The molecule has 1 N–H and O–H groups in total. The average molecular weight is 208 g/mol. The van der Waals surface area contributed by atoms with Crippen molar-refractivity contribution in [2.45, 2.75) is 33.2 Å². The van der Waals surface area contributed by atoms with Gasteiger partial charge in [0.15, 0.2) is 0 Å². The third-order valence-electron chi connectivity index (χ3n) is 2.15. The Hall–Kier alpha value is -1.25. The summed E-state index contributed by atoms with van der Waals surface area (Å²) >= 11 is 0. The molecule has 0 aliphatic rings. The Bertz CT molecular complexity index is 299. The number of pyridine rings is 1. The third-order valence-corrected chi connectivity index (χ3v) is 2.15. The molecule has 0 aromatic carbocycles. The highest BCUT2D eigenvalue weighted by Crippen LogP contribution is 2.14. The van der Waals surface area contributed by atoms with E-state index in [0.717, 1.165) is 12.2 Å². The summed E-state index contributed by atoms with van der Waals surface area (Å²) in [5.74, 6) is 2.22. The Kier molecular flexibility index (Phi) is 4.40. The Labute approximate surface area is 91.9 Å². The molecule has 0 saturated carbocycles. The van der Waals surface area contributed by atoms with Crippen LogP contribution in [0, 0.1) is 5.92 Å². The molecular formula is C12H20N2O. The van der Waals surface area contributed by atoms with Crippen LogP contribution in [0.3, 0.4) is 0 Å². The normalized spacial score (nSPS) is 12.6. The van der Waals surface area contributed by atoms with Crippen LogP contribution >= 0.6 is 0 Å². The highest BCUT2D eigenvalue weighted by atomic mass is 16.5. The minimum Gasteiger partial charge on any atom is -0.481 e. The molecule has 1 aromatic rings. The minimum absolute atomic E-state index is 0.435. The van der Waals surface area contributed by atoms with Crippen LogP contribution in [0.2, 0.25) is 0 Å². The Morgan fingerprint density at radius 3 is 2.67 bits per heavy atom. The van der Waals surface area contributed by atoms with Crippen molar-refractivity contribution >= 4 is 5.82 Å². The second kappa shape index (κ2) is 5.59. The summed E-state index contributed by atoms with van der Waals surface area (Å²) in [6.45, 7) is 6.61. The summed E-state index contributed by atoms with van der Waals surface area (Å²) in [5.41, 5.74) is 0. The zero-order chi connectivity index (χ0) is 11.3. The number of nitrogens with zero attached hydrogens (tertiary/aromatic N) is 1. The molecule has 0 saturated heterocycles. The monoisotopic (exact) mass is 208 g/mol. The maximum absolute atomic E-state index is 5.07. The Balaban J connectivity index is 2.55. The van der Waals surface area contributed by atoms with Gasteiger partial charge >= 0.3 is 0 Å². The molecule has 1 aromatic heterocycles. The van der Waals surface area contributed by atoms with Gasteiger partial charge in [0.2, 0.25) is 5.88 Å². The highest BCUT2D eigenvalue weighted by molar-refractivity contribution is 5.37. The lowest BCUT2D eigenvalue weighted by Gasteiger charge is -2.16. The van der Waals surface area contributed by atoms with Gasteiger partial charge in [-0.05, 0) is 25.3 Å². The van der Waals surface area contributed by atoms with E-state index in [4.69, 9.17) is 4.74 Å². The zero-order valence-corrected chi connectivity index (χ0v) is 9.95. The number of hydrogen-bond donors (Lipinski definition) is 1. The van der Waals surface area contributed by atoms with Crippen molar-refractivity contribution in [3.63, 3.8) is 0 Å². The molecule has 0 spiro atoms. The van der Waals surface area contributed by atoms with Gasteiger partial charge in [-0.2, -0.15) is 4.98 Å². The molecule has 3 heteroatoms. The second-order valence-corrected chi connectivity index (χ2v) is 4.24. The van der Waals surface area contributed by atoms with E-state index in [1.165, 1.54) is 0 Å². The van der Waals surface area contributed by atoms with Crippen molar-refractivity contribution in [3.8, 4) is 5.88 Å². The van der Waals surface area contributed by atoms with Crippen LogP contribution in [0.1, 0.15) is 27.2 Å². The molecule has 1 unspecified atom stereocenters. The van der Waals surface area contributed by atoms with Crippen molar-refractivity contribution in [2.24, 2.45) is 5.92 Å². The average Bonchev–Trinajstić information content (AvgIpc) is 2.16. The summed E-state index contributed by atoms with van der Waals surface area (Å²) < 4.78 is 5.07. The van der Waals surface area contributed by atoms with Crippen LogP contribution in [0.25, 0.3) is 0 Å². The fourth-order valence-electron chi connectivity index (χ4n) is 1.63. The van der Waals surface area contributed by atoms with Crippen molar-refractivity contribution in [1.29, 1.82) is 0 Å². The lowest BCUT2D eigenvalue weighted by atomic mass is 10.1. The Morgan fingerprint density at radius 1 is 1.33 bits per heavy atom. The predicted octanol–water partition coefficient (Wildman–Crippen LogP) is 2.94.